The number of carbonyl (C=O) groups excluding carboxylic acids is 4. The first-order valence-electron chi connectivity index (χ1n) is 36.1. The molecule has 0 aliphatic carbocycles. The number of hydrogen-bond acceptors (Lipinski definition) is 42. The van der Waals surface area contributed by atoms with E-state index in [9.17, 15) is 156 Å². The summed E-state index contributed by atoms with van der Waals surface area (Å²) in [6.07, 6.45) is -75.9. The predicted molar refractivity (Wildman–Crippen MR) is 362 cm³/mol. The highest BCUT2D eigenvalue weighted by atomic mass is 28.3. The number of ether oxygens (including phenoxy) is 14. The van der Waals surface area contributed by atoms with E-state index in [1.807, 2.05) is 19.6 Å². The molecule has 49 nitrogen and oxygen atoms in total. The van der Waals surface area contributed by atoms with Crippen molar-refractivity contribution in [3.63, 3.8) is 0 Å². The zero-order valence-electron chi connectivity index (χ0n) is 62.5. The molecule has 0 unspecified atom stereocenters. The fourth-order valence-electron chi connectivity index (χ4n) is 14.3. The van der Waals surface area contributed by atoms with Gasteiger partial charge in [-0.1, -0.05) is 19.6 Å². The van der Waals surface area contributed by atoms with Crippen LogP contribution >= 0.6 is 0 Å². The van der Waals surface area contributed by atoms with Crippen molar-refractivity contribution in [3.05, 3.63) is 0 Å². The van der Waals surface area contributed by atoms with Crippen LogP contribution in [0.4, 0.5) is 0 Å². The van der Waals surface area contributed by atoms with E-state index in [1.54, 1.807) is 0 Å². The fourth-order valence-corrected chi connectivity index (χ4v) is 15.1. The van der Waals surface area contributed by atoms with Gasteiger partial charge >= 0.3 is 17.9 Å². The summed E-state index contributed by atoms with van der Waals surface area (Å²) >= 11 is 0. The minimum absolute atomic E-state index is 0.00319. The van der Waals surface area contributed by atoms with Gasteiger partial charge in [0.05, 0.1) is 82.7 Å². The fraction of sp³-hybridized carbons (Fsp3) is 0.891. The first-order valence-corrected chi connectivity index (χ1v) is 39.8. The summed E-state index contributed by atoms with van der Waals surface area (Å²) in [5.41, 5.74) is 0. The Kier molecular flexibility index (Phi) is 34.1. The summed E-state index contributed by atoms with van der Waals surface area (Å²) in [6, 6.07) is -7.42. The van der Waals surface area contributed by atoms with Crippen molar-refractivity contribution in [1.29, 1.82) is 0 Å². The van der Waals surface area contributed by atoms with Gasteiger partial charge in [0.15, 0.2) is 25.2 Å². The van der Waals surface area contributed by atoms with Crippen molar-refractivity contribution in [2.45, 2.75) is 304 Å². The minimum Gasteiger partial charge on any atom is -0.477 e. The van der Waals surface area contributed by atoms with Crippen molar-refractivity contribution in [3.8, 4) is 0 Å². The van der Waals surface area contributed by atoms with Crippen molar-refractivity contribution in [2.75, 3.05) is 52.9 Å². The summed E-state index contributed by atoms with van der Waals surface area (Å²) in [5.74, 6) is -21.3. The Morgan fingerprint density at radius 1 is 0.404 bits per heavy atom. The number of carboxylic acids is 3. The Morgan fingerprint density at radius 3 is 1.17 bits per heavy atom. The molecule has 50 heteroatoms. The third-order valence-corrected chi connectivity index (χ3v) is 21.9. The molecule has 38 atom stereocenters. The number of carboxylic acid groups (broad SMARTS) is 3. The summed E-state index contributed by atoms with van der Waals surface area (Å²) < 4.78 is 82.8. The average molecular weight is 1680 g/mol. The lowest BCUT2D eigenvalue weighted by atomic mass is 9.87. The van der Waals surface area contributed by atoms with Crippen LogP contribution in [0.15, 0.2) is 0 Å². The summed E-state index contributed by atoms with van der Waals surface area (Å²) in [6.45, 7) is 0.406. The summed E-state index contributed by atoms with van der Waals surface area (Å²) in [4.78, 5) is 91.9. The van der Waals surface area contributed by atoms with Gasteiger partial charge in [-0.25, -0.2) is 14.4 Å². The van der Waals surface area contributed by atoms with Crippen molar-refractivity contribution >= 4 is 49.6 Å². The van der Waals surface area contributed by atoms with E-state index in [2.05, 4.69) is 21.3 Å². The van der Waals surface area contributed by atoms with Crippen LogP contribution in [0, 0.1) is 0 Å². The number of aliphatic hydroxyl groups is 21. The molecule has 114 heavy (non-hydrogen) atoms. The van der Waals surface area contributed by atoms with Crippen LogP contribution < -0.4 is 21.3 Å². The zero-order valence-corrected chi connectivity index (χ0v) is 63.5. The number of hydrogen-bond donors (Lipinski definition) is 28. The third-order valence-electron chi connectivity index (χ3n) is 20.2. The van der Waals surface area contributed by atoms with Gasteiger partial charge < -0.3 is 210 Å². The van der Waals surface area contributed by atoms with Crippen LogP contribution in [-0.4, -0.2) is 457 Å². The summed E-state index contributed by atoms with van der Waals surface area (Å²) in [5, 5.41) is 278. The quantitative estimate of drug-likeness (QED) is 0.0259. The topological polar surface area (TPSA) is 782 Å². The molecule has 28 N–H and O–H groups in total. The molecule has 0 bridgehead atoms. The first-order chi connectivity index (χ1) is 53.3. The van der Waals surface area contributed by atoms with E-state index in [4.69, 9.17) is 66.3 Å². The maximum Gasteiger partial charge on any atom is 0.364 e. The lowest BCUT2D eigenvalue weighted by Crippen LogP contribution is -2.73. The Hall–Kier alpha value is -4.89. The van der Waals surface area contributed by atoms with Crippen LogP contribution in [0.25, 0.3) is 0 Å². The molecule has 0 radical (unpaired) electrons. The molecular weight excluding hydrogens is 1570 g/mol. The maximum atomic E-state index is 13.9. The number of aliphatic hydroxyl groups excluding tert-OH is 21. The molecule has 0 spiro atoms. The van der Waals surface area contributed by atoms with Gasteiger partial charge in [-0.2, -0.15) is 0 Å². The standard InChI is InChI=1S/C64H108N4O45Si/c1-20(76)65-34-24(80)10-62(59(94)95,109-50(34)38(85)27(83)13-69)108-31(17-73)42(89)52-36(67-22(3)78)26(82)11-63(111-52,60(96)97)112-53-41(88)30(16-72)102-57(45(53)92)107-49-37(68-23(4)79)55(101-29(15-71)40(49)87)106-48-33(19-75)104-58(105-47-32(18-74)103-56(44(91)43(47)90)100-8-9-114(5,6)7)46(93)54(48)113-64(61(98)99)12-25(81)35(66-21(2)77)51(110-64)39(86)28(84)14-70/h24-58,69-75,80-93H,8-19H2,1-7H3,(H,65,76)(H,66,77)(H,67,78)(H,68,79)(H,94,95)(H,96,97)(H,98,99)/t24-,25-,26-,27+,28+,29+,30+,31+,32+,33+,34+,35+,36+,37+,38+,39+,40-,41-,42+,43+,44+,45+,46+,47+,48-,49+,50+,51+,52+,53-,54+,55-,56+,57-,58-,62+,63-,64-/m0/s1. The molecule has 7 saturated heterocycles. The SMILES string of the molecule is CC(=O)N[C@H]1[C@H](O[C@@H]2[C@H](O[C@]3(C(=O)O)C[C@H](O)[C@@H](NC(C)=O)[C@H]([C@H](O)[C@H](O)CO)O3)[C@@H](O)[C@H](O[C@H]3[C@H](O)[C@@H](O)[C@H](OCC[Si](C)(C)C)O[C@@H]3CO)O[C@@H]2CO)O[C@H](CO)[C@H](O)[C@@H]1O[C@@H]1O[C@H](CO)[C@H](O)[C@H](O[C@]2(C(=O)O)C[C@H](O)[C@@H](NC(C)=O)[C@H]([C@H](O)[C@@H](CO)O[C@]3(C(=O)O)C[C@H](O)[C@@H](NC(C)=O)[C@H]([C@H](O)[C@H](O)CO)O3)O2)[C@H]1O. The van der Waals surface area contributed by atoms with Crippen molar-refractivity contribution in [1.82, 2.24) is 21.3 Å². The number of rotatable bonds is 36. The predicted octanol–water partition coefficient (Wildman–Crippen LogP) is -15.7. The number of amides is 4. The molecule has 7 heterocycles. The van der Waals surface area contributed by atoms with Crippen LogP contribution in [0.1, 0.15) is 47.0 Å². The molecule has 0 aromatic rings. The maximum absolute atomic E-state index is 13.9. The highest BCUT2D eigenvalue weighted by Crippen LogP contribution is 2.44. The summed E-state index contributed by atoms with van der Waals surface area (Å²) in [7, 11) is -1.80. The average Bonchev–Trinajstić information content (AvgIpc) is 0.751. The molecule has 4 amide bonds. The van der Waals surface area contributed by atoms with Crippen molar-refractivity contribution in [2.24, 2.45) is 0 Å². The third kappa shape index (κ3) is 21.8. The van der Waals surface area contributed by atoms with Gasteiger partial charge in [0, 0.05) is 61.6 Å². The van der Waals surface area contributed by atoms with Crippen LogP contribution in [-0.2, 0) is 99.9 Å². The Labute approximate surface area is 648 Å². The molecule has 7 rings (SSSR count). The lowest BCUT2D eigenvalue weighted by Gasteiger charge is -2.53. The smallest absolute Gasteiger partial charge is 0.364 e. The molecule has 7 fully saturated rings. The molecule has 7 aliphatic rings. The van der Waals surface area contributed by atoms with Gasteiger partial charge in [-0.3, -0.25) is 19.2 Å². The van der Waals surface area contributed by atoms with E-state index in [0.717, 1.165) is 27.7 Å². The molecule has 658 valence electrons. The molecule has 0 aromatic carbocycles. The van der Waals surface area contributed by atoms with E-state index in [-0.39, 0.29) is 6.61 Å². The zero-order chi connectivity index (χ0) is 85.5. The van der Waals surface area contributed by atoms with Gasteiger partial charge in [0.2, 0.25) is 23.6 Å². The largest absolute Gasteiger partial charge is 0.477 e. The Morgan fingerprint density at radius 2 is 0.754 bits per heavy atom. The van der Waals surface area contributed by atoms with E-state index in [1.165, 1.54) is 0 Å². The van der Waals surface area contributed by atoms with E-state index >= 15 is 0 Å². The van der Waals surface area contributed by atoms with Gasteiger partial charge in [-0.15, -0.1) is 0 Å². The second-order valence-electron chi connectivity index (χ2n) is 29.9. The lowest BCUT2D eigenvalue weighted by molar-refractivity contribution is -0.405. The number of carbonyl (C=O) groups is 7. The Balaban J connectivity index is 1.27. The van der Waals surface area contributed by atoms with Gasteiger partial charge in [0.1, 0.15) is 153 Å². The van der Waals surface area contributed by atoms with Crippen LogP contribution in [0.3, 0.4) is 0 Å². The van der Waals surface area contributed by atoms with Crippen molar-refractivity contribution < 1.29 is 222 Å². The second kappa shape index (κ2) is 40.4. The highest BCUT2D eigenvalue weighted by molar-refractivity contribution is 6.76. The van der Waals surface area contributed by atoms with Crippen LogP contribution in [0.2, 0.25) is 25.7 Å². The highest BCUT2D eigenvalue weighted by Gasteiger charge is 2.66. The number of aliphatic carboxylic acids is 3. The monoisotopic (exact) mass is 1680 g/mol. The minimum atomic E-state index is -3.61. The van der Waals surface area contributed by atoms with Gasteiger partial charge in [0.25, 0.3) is 17.4 Å². The molecule has 0 aromatic heterocycles. The normalized spacial score (nSPS) is 41.9. The molecular formula is C64H108N4O45Si. The second-order valence-corrected chi connectivity index (χ2v) is 35.6. The Bertz CT molecular complexity index is 3180. The van der Waals surface area contributed by atoms with E-state index < -0.39 is 347 Å². The van der Waals surface area contributed by atoms with Gasteiger partial charge in [-0.05, 0) is 6.04 Å². The van der Waals surface area contributed by atoms with Crippen LogP contribution in [0.5, 0.6) is 0 Å². The number of nitrogens with one attached hydrogen (secondary N) is 4. The van der Waals surface area contributed by atoms with E-state index in [0.29, 0.717) is 6.04 Å². The molecule has 0 saturated carbocycles. The molecule has 7 aliphatic heterocycles. The first kappa shape index (κ1) is 96.2.